The van der Waals surface area contributed by atoms with Crippen molar-refractivity contribution in [3.63, 3.8) is 0 Å². The van der Waals surface area contributed by atoms with Crippen molar-refractivity contribution in [3.05, 3.63) is 70.8 Å². The molecular weight excluding hydrogens is 372 g/mol. The zero-order valence-electron chi connectivity index (χ0n) is 18.0. The second kappa shape index (κ2) is 10.7. The number of carbonyl (C=O) groups is 1. The van der Waals surface area contributed by atoms with E-state index >= 15 is 0 Å². The van der Waals surface area contributed by atoms with Crippen molar-refractivity contribution in [2.24, 2.45) is 0 Å². The molecule has 0 amide bonds. The second-order valence-corrected chi connectivity index (χ2v) is 8.89. The average Bonchev–Trinajstić information content (AvgIpc) is 2.83. The van der Waals surface area contributed by atoms with Crippen LogP contribution in [-0.2, 0) is 22.7 Å². The number of rotatable bonds is 6. The van der Waals surface area contributed by atoms with Crippen LogP contribution in [0.5, 0.6) is 0 Å². The molecule has 2 fully saturated rings. The van der Waals surface area contributed by atoms with Crippen LogP contribution in [0.1, 0.15) is 98.3 Å². The zero-order valence-corrected chi connectivity index (χ0v) is 18.0. The summed E-state index contributed by atoms with van der Waals surface area (Å²) in [7, 11) is 0. The van der Waals surface area contributed by atoms with E-state index in [4.69, 9.17) is 9.47 Å². The highest BCUT2D eigenvalue weighted by Crippen LogP contribution is 2.35. The highest BCUT2D eigenvalue weighted by Gasteiger charge is 2.20. The van der Waals surface area contributed by atoms with Crippen LogP contribution in [0.2, 0.25) is 0 Å². The summed E-state index contributed by atoms with van der Waals surface area (Å²) in [6.45, 7) is 0.575. The molecule has 0 bridgehead atoms. The van der Waals surface area contributed by atoms with E-state index < -0.39 is 6.16 Å². The topological polar surface area (TPSA) is 35.5 Å². The van der Waals surface area contributed by atoms with Gasteiger partial charge in [0.15, 0.2) is 0 Å². The van der Waals surface area contributed by atoms with Gasteiger partial charge >= 0.3 is 6.16 Å². The Balaban J connectivity index is 1.32. The van der Waals surface area contributed by atoms with Gasteiger partial charge in [0, 0.05) is 0 Å². The average molecular weight is 407 g/mol. The van der Waals surface area contributed by atoms with Gasteiger partial charge in [0.05, 0.1) is 0 Å². The van der Waals surface area contributed by atoms with E-state index in [2.05, 4.69) is 36.4 Å². The molecule has 2 aliphatic rings. The maximum atomic E-state index is 12.3. The summed E-state index contributed by atoms with van der Waals surface area (Å²) in [6, 6.07) is 16.8. The lowest BCUT2D eigenvalue weighted by molar-refractivity contribution is 0.0441. The molecule has 0 unspecified atom stereocenters. The summed E-state index contributed by atoms with van der Waals surface area (Å²) in [5, 5.41) is 0. The Morgan fingerprint density at radius 1 is 0.633 bits per heavy atom. The highest BCUT2D eigenvalue weighted by atomic mass is 16.7. The number of hydrogen-bond donors (Lipinski definition) is 0. The minimum absolute atomic E-state index is 0.287. The van der Waals surface area contributed by atoms with Gasteiger partial charge in [0.2, 0.25) is 0 Å². The van der Waals surface area contributed by atoms with E-state index in [9.17, 15) is 4.79 Å². The van der Waals surface area contributed by atoms with Gasteiger partial charge in [-0.1, -0.05) is 87.1 Å². The van der Waals surface area contributed by atoms with Crippen LogP contribution < -0.4 is 0 Å². The Morgan fingerprint density at radius 2 is 1.03 bits per heavy atom. The molecule has 4 rings (SSSR count). The third-order valence-electron chi connectivity index (χ3n) is 6.89. The standard InChI is InChI=1S/C27H34O3/c28-27(29-19-23-15-7-9-17-25(23)21-11-3-1-4-12-21)30-20-24-16-8-10-18-26(24)22-13-5-2-6-14-22/h7-10,15-18,21-22H,1-6,11-14,19-20H2. The molecule has 2 aliphatic carbocycles. The minimum Gasteiger partial charge on any atom is -0.429 e. The molecule has 160 valence electrons. The lowest BCUT2D eigenvalue weighted by Crippen LogP contribution is -2.12. The first kappa shape index (κ1) is 21.0. The van der Waals surface area contributed by atoms with E-state index in [-0.39, 0.29) is 13.2 Å². The predicted octanol–water partition coefficient (Wildman–Crippen LogP) is 7.64. The normalized spacial score (nSPS) is 18.1. The van der Waals surface area contributed by atoms with Crippen molar-refractivity contribution in [1.82, 2.24) is 0 Å². The Kier molecular flexibility index (Phi) is 7.44. The zero-order chi connectivity index (χ0) is 20.6. The molecule has 0 atom stereocenters. The maximum absolute atomic E-state index is 12.3. The van der Waals surface area contributed by atoms with E-state index in [1.54, 1.807) is 0 Å². The summed E-state index contributed by atoms with van der Waals surface area (Å²) < 4.78 is 11.0. The lowest BCUT2D eigenvalue weighted by Gasteiger charge is -2.24. The van der Waals surface area contributed by atoms with Gasteiger partial charge < -0.3 is 9.47 Å². The molecule has 0 N–H and O–H groups in total. The first-order valence-electron chi connectivity index (χ1n) is 11.8. The summed E-state index contributed by atoms with van der Waals surface area (Å²) in [5.74, 6) is 1.19. The molecule has 0 radical (unpaired) electrons. The van der Waals surface area contributed by atoms with Crippen molar-refractivity contribution in [2.75, 3.05) is 0 Å². The van der Waals surface area contributed by atoms with Crippen molar-refractivity contribution in [1.29, 1.82) is 0 Å². The van der Waals surface area contributed by atoms with E-state index in [0.29, 0.717) is 11.8 Å². The lowest BCUT2D eigenvalue weighted by atomic mass is 9.82. The van der Waals surface area contributed by atoms with Crippen LogP contribution in [0.3, 0.4) is 0 Å². The maximum Gasteiger partial charge on any atom is 0.508 e. The summed E-state index contributed by atoms with van der Waals surface area (Å²) in [6.07, 6.45) is 12.2. The monoisotopic (exact) mass is 406 g/mol. The molecule has 30 heavy (non-hydrogen) atoms. The second-order valence-electron chi connectivity index (χ2n) is 8.89. The molecule has 0 heterocycles. The molecule has 3 nitrogen and oxygen atoms in total. The minimum atomic E-state index is -0.577. The molecular formula is C27H34O3. The molecule has 0 aromatic heterocycles. The van der Waals surface area contributed by atoms with Crippen molar-refractivity contribution in [2.45, 2.75) is 89.3 Å². The Hall–Kier alpha value is -2.29. The molecule has 2 saturated carbocycles. The van der Waals surface area contributed by atoms with Crippen LogP contribution >= 0.6 is 0 Å². The number of ether oxygens (including phenoxy) is 2. The van der Waals surface area contributed by atoms with Crippen LogP contribution in [0.25, 0.3) is 0 Å². The highest BCUT2D eigenvalue weighted by molar-refractivity contribution is 5.60. The van der Waals surface area contributed by atoms with E-state index in [1.165, 1.54) is 75.3 Å². The van der Waals surface area contributed by atoms with Crippen molar-refractivity contribution in [3.8, 4) is 0 Å². The van der Waals surface area contributed by atoms with Gasteiger partial charge in [-0.3, -0.25) is 0 Å². The molecule has 2 aromatic rings. The molecule has 0 aliphatic heterocycles. The summed E-state index contributed by atoms with van der Waals surface area (Å²) in [5.41, 5.74) is 4.91. The number of hydrogen-bond acceptors (Lipinski definition) is 3. The van der Waals surface area contributed by atoms with Crippen molar-refractivity contribution >= 4 is 6.16 Å². The number of benzene rings is 2. The molecule has 2 aromatic carbocycles. The van der Waals surface area contributed by atoms with E-state index in [0.717, 1.165) is 11.1 Å². The van der Waals surface area contributed by atoms with E-state index in [1.807, 2.05) is 12.1 Å². The van der Waals surface area contributed by atoms with Gasteiger partial charge in [-0.15, -0.1) is 0 Å². The Morgan fingerprint density at radius 3 is 1.47 bits per heavy atom. The van der Waals surface area contributed by atoms with Gasteiger partial charge in [-0.2, -0.15) is 0 Å². The van der Waals surface area contributed by atoms with Gasteiger partial charge in [-0.05, 0) is 59.8 Å². The summed E-state index contributed by atoms with van der Waals surface area (Å²) in [4.78, 5) is 12.3. The van der Waals surface area contributed by atoms with Gasteiger partial charge in [0.25, 0.3) is 0 Å². The number of carbonyl (C=O) groups excluding carboxylic acids is 1. The first-order valence-corrected chi connectivity index (χ1v) is 11.8. The first-order chi connectivity index (χ1) is 14.8. The Labute approximate surface area is 180 Å². The molecule has 0 spiro atoms. The molecule has 0 saturated heterocycles. The van der Waals surface area contributed by atoms with Gasteiger partial charge in [-0.25, -0.2) is 4.79 Å². The van der Waals surface area contributed by atoms with Crippen LogP contribution in [0.4, 0.5) is 4.79 Å². The molecule has 3 heteroatoms. The summed E-state index contributed by atoms with van der Waals surface area (Å²) >= 11 is 0. The largest absolute Gasteiger partial charge is 0.508 e. The van der Waals surface area contributed by atoms with Crippen LogP contribution in [-0.4, -0.2) is 6.16 Å². The predicted molar refractivity (Wildman–Crippen MR) is 120 cm³/mol. The fourth-order valence-electron chi connectivity index (χ4n) is 5.27. The van der Waals surface area contributed by atoms with Gasteiger partial charge in [0.1, 0.15) is 13.2 Å². The SMILES string of the molecule is O=C(OCc1ccccc1C1CCCCC1)OCc1ccccc1C1CCCCC1. The third-order valence-corrected chi connectivity index (χ3v) is 6.89. The van der Waals surface area contributed by atoms with Crippen molar-refractivity contribution < 1.29 is 14.3 Å². The third kappa shape index (κ3) is 5.44. The Bertz CT molecular complexity index is 749. The smallest absolute Gasteiger partial charge is 0.429 e. The van der Waals surface area contributed by atoms with Crippen LogP contribution in [0, 0.1) is 0 Å². The van der Waals surface area contributed by atoms with Crippen LogP contribution in [0.15, 0.2) is 48.5 Å². The fraction of sp³-hybridized carbons (Fsp3) is 0.519. The fourth-order valence-corrected chi connectivity index (χ4v) is 5.27. The quantitative estimate of drug-likeness (QED) is 0.462.